The Kier molecular flexibility index (Phi) is 3.97. The average molecular weight is 208 g/mol. The maximum atomic E-state index is 9.01. The van der Waals surface area contributed by atoms with Crippen LogP contribution in [0.3, 0.4) is 0 Å². The molecule has 0 saturated heterocycles. The third kappa shape index (κ3) is 2.86. The number of rotatable bonds is 4. The minimum atomic E-state index is 0.144. The van der Waals surface area contributed by atoms with E-state index in [-0.39, 0.29) is 6.61 Å². The summed E-state index contributed by atoms with van der Waals surface area (Å²) in [6, 6.07) is 6.35. The van der Waals surface area contributed by atoms with Gasteiger partial charge in [0, 0.05) is 12.6 Å². The largest absolute Gasteiger partial charge is 0.397 e. The fourth-order valence-corrected chi connectivity index (χ4v) is 1.70. The Hall–Kier alpha value is -1.22. The van der Waals surface area contributed by atoms with Gasteiger partial charge < -0.3 is 15.7 Å². The summed E-state index contributed by atoms with van der Waals surface area (Å²) < 4.78 is 0. The Labute approximate surface area is 91.5 Å². The second kappa shape index (κ2) is 5.03. The zero-order chi connectivity index (χ0) is 11.4. The Balaban J connectivity index is 3.00. The molecule has 0 spiro atoms. The van der Waals surface area contributed by atoms with Crippen molar-refractivity contribution < 1.29 is 5.11 Å². The summed E-state index contributed by atoms with van der Waals surface area (Å²) in [5.41, 5.74) is 8.90. The van der Waals surface area contributed by atoms with Gasteiger partial charge in [0.25, 0.3) is 0 Å². The Morgan fingerprint density at radius 3 is 2.53 bits per heavy atom. The first-order chi connectivity index (χ1) is 7.06. The molecule has 84 valence electrons. The van der Waals surface area contributed by atoms with Crippen molar-refractivity contribution in [3.63, 3.8) is 0 Å². The summed E-state index contributed by atoms with van der Waals surface area (Å²) >= 11 is 0. The molecule has 0 aromatic heterocycles. The van der Waals surface area contributed by atoms with Crippen molar-refractivity contribution in [1.82, 2.24) is 0 Å². The Morgan fingerprint density at radius 1 is 1.40 bits per heavy atom. The van der Waals surface area contributed by atoms with E-state index in [4.69, 9.17) is 10.8 Å². The molecule has 15 heavy (non-hydrogen) atoms. The third-order valence-corrected chi connectivity index (χ3v) is 2.46. The molecule has 0 unspecified atom stereocenters. The average Bonchev–Trinajstić information content (AvgIpc) is 2.15. The molecule has 0 fully saturated rings. The van der Waals surface area contributed by atoms with Gasteiger partial charge in [-0.05, 0) is 38.5 Å². The zero-order valence-electron chi connectivity index (χ0n) is 9.70. The standard InChI is InChI=1S/C12H20N2O/c1-9(2)14(6-7-15)12-5-4-10(3)8-11(12)13/h4-5,8-9,15H,6-7,13H2,1-3H3. The summed E-state index contributed by atoms with van der Waals surface area (Å²) in [7, 11) is 0. The van der Waals surface area contributed by atoms with Gasteiger partial charge >= 0.3 is 0 Å². The molecule has 0 bridgehead atoms. The molecular formula is C12H20N2O. The normalized spacial score (nSPS) is 10.7. The molecule has 3 N–H and O–H groups in total. The summed E-state index contributed by atoms with van der Waals surface area (Å²) in [5, 5.41) is 9.01. The van der Waals surface area contributed by atoms with Crippen LogP contribution < -0.4 is 10.6 Å². The smallest absolute Gasteiger partial charge is 0.0606 e. The van der Waals surface area contributed by atoms with Crippen LogP contribution in [0.1, 0.15) is 19.4 Å². The van der Waals surface area contributed by atoms with Gasteiger partial charge in [-0.2, -0.15) is 0 Å². The number of nitrogens with zero attached hydrogens (tertiary/aromatic N) is 1. The first-order valence-electron chi connectivity index (χ1n) is 5.30. The first-order valence-corrected chi connectivity index (χ1v) is 5.30. The van der Waals surface area contributed by atoms with E-state index in [1.54, 1.807) is 0 Å². The maximum Gasteiger partial charge on any atom is 0.0606 e. The molecule has 0 aliphatic rings. The van der Waals surface area contributed by atoms with E-state index in [1.807, 2.05) is 25.1 Å². The van der Waals surface area contributed by atoms with Gasteiger partial charge in [-0.15, -0.1) is 0 Å². The van der Waals surface area contributed by atoms with E-state index in [0.29, 0.717) is 12.6 Å². The van der Waals surface area contributed by atoms with Gasteiger partial charge in [0.1, 0.15) is 0 Å². The lowest BCUT2D eigenvalue weighted by Gasteiger charge is -2.29. The second-order valence-electron chi connectivity index (χ2n) is 4.07. The van der Waals surface area contributed by atoms with Crippen LogP contribution in [-0.2, 0) is 0 Å². The van der Waals surface area contributed by atoms with Crippen LogP contribution in [0.4, 0.5) is 11.4 Å². The molecule has 0 atom stereocenters. The molecule has 1 rings (SSSR count). The van der Waals surface area contributed by atoms with E-state index in [1.165, 1.54) is 0 Å². The Bertz CT molecular complexity index is 323. The van der Waals surface area contributed by atoms with E-state index in [2.05, 4.69) is 18.7 Å². The molecule has 0 aliphatic carbocycles. The summed E-state index contributed by atoms with van der Waals surface area (Å²) in [5.74, 6) is 0. The monoisotopic (exact) mass is 208 g/mol. The third-order valence-electron chi connectivity index (χ3n) is 2.46. The molecule has 3 nitrogen and oxygen atoms in total. The fourth-order valence-electron chi connectivity index (χ4n) is 1.70. The molecule has 0 heterocycles. The first kappa shape index (κ1) is 11.9. The van der Waals surface area contributed by atoms with Crippen molar-refractivity contribution in [2.75, 3.05) is 23.8 Å². The van der Waals surface area contributed by atoms with Crippen LogP contribution in [0.25, 0.3) is 0 Å². The molecule has 1 aromatic rings. The highest BCUT2D eigenvalue weighted by atomic mass is 16.3. The number of hydrogen-bond donors (Lipinski definition) is 2. The van der Waals surface area contributed by atoms with Gasteiger partial charge in [-0.25, -0.2) is 0 Å². The van der Waals surface area contributed by atoms with Crippen LogP contribution >= 0.6 is 0 Å². The summed E-state index contributed by atoms with van der Waals surface area (Å²) in [6.07, 6.45) is 0. The summed E-state index contributed by atoms with van der Waals surface area (Å²) in [6.45, 7) is 6.96. The van der Waals surface area contributed by atoms with Crippen LogP contribution in [0, 0.1) is 6.92 Å². The van der Waals surface area contributed by atoms with E-state index >= 15 is 0 Å². The predicted octanol–water partition coefficient (Wildman–Crippen LogP) is 1.78. The molecule has 0 saturated carbocycles. The molecule has 0 aliphatic heterocycles. The number of aryl methyl sites for hydroxylation is 1. The van der Waals surface area contributed by atoms with Crippen molar-refractivity contribution in [3.05, 3.63) is 23.8 Å². The van der Waals surface area contributed by atoms with Gasteiger partial charge in [-0.1, -0.05) is 6.07 Å². The van der Waals surface area contributed by atoms with E-state index in [0.717, 1.165) is 16.9 Å². The number of hydrogen-bond acceptors (Lipinski definition) is 3. The zero-order valence-corrected chi connectivity index (χ0v) is 9.70. The molecule has 0 amide bonds. The Morgan fingerprint density at radius 2 is 2.07 bits per heavy atom. The maximum absolute atomic E-state index is 9.01. The van der Waals surface area contributed by atoms with Crippen LogP contribution in [0.2, 0.25) is 0 Å². The van der Waals surface area contributed by atoms with Crippen molar-refractivity contribution in [2.24, 2.45) is 0 Å². The van der Waals surface area contributed by atoms with Gasteiger partial charge in [0.15, 0.2) is 0 Å². The van der Waals surface area contributed by atoms with Crippen molar-refractivity contribution >= 4 is 11.4 Å². The fraction of sp³-hybridized carbons (Fsp3) is 0.500. The van der Waals surface area contributed by atoms with Crippen molar-refractivity contribution in [2.45, 2.75) is 26.8 Å². The minimum absolute atomic E-state index is 0.144. The number of aliphatic hydroxyl groups excluding tert-OH is 1. The number of nitrogen functional groups attached to an aromatic ring is 1. The number of anilines is 2. The minimum Gasteiger partial charge on any atom is -0.397 e. The quantitative estimate of drug-likeness (QED) is 0.742. The summed E-state index contributed by atoms with van der Waals surface area (Å²) in [4.78, 5) is 2.11. The van der Waals surface area contributed by atoms with Gasteiger partial charge in [0.05, 0.1) is 18.0 Å². The molecule has 1 aromatic carbocycles. The predicted molar refractivity (Wildman–Crippen MR) is 65.2 cm³/mol. The van der Waals surface area contributed by atoms with Gasteiger partial charge in [-0.3, -0.25) is 0 Å². The SMILES string of the molecule is Cc1ccc(N(CCO)C(C)C)c(N)c1. The number of nitrogens with two attached hydrogens (primary N) is 1. The highest BCUT2D eigenvalue weighted by Crippen LogP contribution is 2.25. The highest BCUT2D eigenvalue weighted by Gasteiger charge is 2.12. The number of aliphatic hydroxyl groups is 1. The van der Waals surface area contributed by atoms with Crippen LogP contribution in [0.15, 0.2) is 18.2 Å². The van der Waals surface area contributed by atoms with E-state index in [9.17, 15) is 0 Å². The lowest BCUT2D eigenvalue weighted by molar-refractivity contribution is 0.299. The molecule has 0 radical (unpaired) electrons. The van der Waals surface area contributed by atoms with E-state index < -0.39 is 0 Å². The van der Waals surface area contributed by atoms with Gasteiger partial charge in [0.2, 0.25) is 0 Å². The van der Waals surface area contributed by atoms with Crippen molar-refractivity contribution in [1.29, 1.82) is 0 Å². The van der Waals surface area contributed by atoms with Crippen LogP contribution in [-0.4, -0.2) is 24.3 Å². The van der Waals surface area contributed by atoms with Crippen molar-refractivity contribution in [3.8, 4) is 0 Å². The highest BCUT2D eigenvalue weighted by molar-refractivity contribution is 5.68. The molecule has 3 heteroatoms. The lowest BCUT2D eigenvalue weighted by Crippen LogP contribution is -2.33. The number of benzene rings is 1. The topological polar surface area (TPSA) is 49.5 Å². The molecular weight excluding hydrogens is 188 g/mol. The second-order valence-corrected chi connectivity index (χ2v) is 4.07. The van der Waals surface area contributed by atoms with Crippen LogP contribution in [0.5, 0.6) is 0 Å². The lowest BCUT2D eigenvalue weighted by atomic mass is 10.1.